The first-order valence-corrected chi connectivity index (χ1v) is 5.59. The quantitative estimate of drug-likeness (QED) is 0.832. The van der Waals surface area contributed by atoms with E-state index in [4.69, 9.17) is 0 Å². The van der Waals surface area contributed by atoms with Crippen LogP contribution in [0.1, 0.15) is 43.9 Å². The lowest BCUT2D eigenvalue weighted by molar-refractivity contribution is 0.137. The molecule has 0 saturated carbocycles. The fourth-order valence-electron chi connectivity index (χ4n) is 1.65. The summed E-state index contributed by atoms with van der Waals surface area (Å²) in [4.78, 5) is 0. The van der Waals surface area contributed by atoms with Crippen molar-refractivity contribution in [2.24, 2.45) is 5.92 Å². The van der Waals surface area contributed by atoms with Crippen LogP contribution in [-0.4, -0.2) is 5.11 Å². The van der Waals surface area contributed by atoms with Gasteiger partial charge >= 0.3 is 0 Å². The topological polar surface area (TPSA) is 20.2 Å². The highest BCUT2D eigenvalue weighted by molar-refractivity contribution is 5.28. The van der Waals surface area contributed by atoms with E-state index in [-0.39, 0.29) is 11.5 Å². The minimum atomic E-state index is -1.06. The Hall–Kier alpha value is -0.960. The highest BCUT2D eigenvalue weighted by Gasteiger charge is 2.20. The average Bonchev–Trinajstić information content (AvgIpc) is 2.24. The maximum Gasteiger partial charge on any atom is 0.134 e. The van der Waals surface area contributed by atoms with Crippen molar-refractivity contribution >= 4 is 0 Å². The van der Waals surface area contributed by atoms with Crippen LogP contribution >= 0.6 is 0 Å². The first-order valence-electron chi connectivity index (χ1n) is 5.59. The summed E-state index contributed by atoms with van der Waals surface area (Å²) in [5.74, 6) is -1.05. The molecule has 0 saturated heterocycles. The molecule has 0 aliphatic rings. The Bertz CT molecular complexity index is 363. The second kappa shape index (κ2) is 5.39. The highest BCUT2D eigenvalue weighted by atomic mass is 19.1. The molecule has 3 heteroatoms. The molecular formula is C13H18F2O. The maximum absolute atomic E-state index is 13.7. The van der Waals surface area contributed by atoms with Crippen LogP contribution < -0.4 is 0 Å². The Morgan fingerprint density at radius 1 is 1.31 bits per heavy atom. The minimum Gasteiger partial charge on any atom is -0.388 e. The van der Waals surface area contributed by atoms with Gasteiger partial charge < -0.3 is 5.11 Å². The molecule has 1 aromatic rings. The van der Waals surface area contributed by atoms with Crippen molar-refractivity contribution in [1.82, 2.24) is 0 Å². The van der Waals surface area contributed by atoms with Crippen molar-refractivity contribution in [2.45, 2.75) is 39.7 Å². The number of halogens is 2. The van der Waals surface area contributed by atoms with E-state index in [0.717, 1.165) is 6.42 Å². The number of aliphatic hydroxyl groups excluding tert-OH is 1. The molecule has 0 bridgehead atoms. The van der Waals surface area contributed by atoms with Gasteiger partial charge in [-0.2, -0.15) is 0 Å². The maximum atomic E-state index is 13.7. The number of rotatable bonds is 4. The lowest BCUT2D eigenvalue weighted by atomic mass is 9.95. The molecule has 90 valence electrons. The zero-order valence-corrected chi connectivity index (χ0v) is 9.93. The van der Waals surface area contributed by atoms with Crippen LogP contribution in [0.5, 0.6) is 0 Å². The Kier molecular flexibility index (Phi) is 4.42. The summed E-state index contributed by atoms with van der Waals surface area (Å²) in [5.41, 5.74) is 0.167. The van der Waals surface area contributed by atoms with E-state index in [1.54, 1.807) is 6.92 Å². The fourth-order valence-corrected chi connectivity index (χ4v) is 1.65. The molecule has 0 spiro atoms. The van der Waals surface area contributed by atoms with Crippen molar-refractivity contribution < 1.29 is 13.9 Å². The van der Waals surface area contributed by atoms with Gasteiger partial charge in [-0.1, -0.05) is 26.3 Å². The van der Waals surface area contributed by atoms with Crippen molar-refractivity contribution in [2.75, 3.05) is 0 Å². The number of hydrogen-bond donors (Lipinski definition) is 1. The molecule has 1 nitrogen and oxygen atoms in total. The van der Waals surface area contributed by atoms with Gasteiger partial charge in [-0.15, -0.1) is 0 Å². The summed E-state index contributed by atoms with van der Waals surface area (Å²) in [6, 6.07) is 2.58. The predicted octanol–water partition coefficient (Wildman–Crippen LogP) is 3.74. The SMILES string of the molecule is CCC(C)CC(O)c1c(F)ccc(C)c1F. The second-order valence-corrected chi connectivity index (χ2v) is 4.36. The normalized spacial score (nSPS) is 14.9. The average molecular weight is 228 g/mol. The van der Waals surface area contributed by atoms with Crippen LogP contribution in [0.2, 0.25) is 0 Å². The van der Waals surface area contributed by atoms with E-state index in [9.17, 15) is 13.9 Å². The van der Waals surface area contributed by atoms with E-state index < -0.39 is 17.7 Å². The number of aliphatic hydroxyl groups is 1. The van der Waals surface area contributed by atoms with Gasteiger partial charge in [0, 0.05) is 0 Å². The molecular weight excluding hydrogens is 210 g/mol. The standard InChI is InChI=1S/C13H18F2O/c1-4-8(2)7-11(16)12-10(14)6-5-9(3)13(12)15/h5-6,8,11,16H,4,7H2,1-3H3. The molecule has 0 aliphatic heterocycles. The fraction of sp³-hybridized carbons (Fsp3) is 0.538. The zero-order chi connectivity index (χ0) is 12.3. The molecule has 2 unspecified atom stereocenters. The third kappa shape index (κ3) is 2.79. The van der Waals surface area contributed by atoms with Crippen LogP contribution in [0.3, 0.4) is 0 Å². The third-order valence-corrected chi connectivity index (χ3v) is 2.98. The Morgan fingerprint density at radius 3 is 2.50 bits per heavy atom. The molecule has 0 aliphatic carbocycles. The zero-order valence-electron chi connectivity index (χ0n) is 9.93. The van der Waals surface area contributed by atoms with E-state index in [1.807, 2.05) is 13.8 Å². The molecule has 1 rings (SSSR count). The summed E-state index contributed by atoms with van der Waals surface area (Å²) in [6.07, 6.45) is 0.203. The molecule has 16 heavy (non-hydrogen) atoms. The summed E-state index contributed by atoms with van der Waals surface area (Å²) in [6.45, 7) is 5.50. The van der Waals surface area contributed by atoms with Crippen LogP contribution in [0.25, 0.3) is 0 Å². The first-order chi connectivity index (χ1) is 7.47. The molecule has 0 heterocycles. The van der Waals surface area contributed by atoms with E-state index >= 15 is 0 Å². The van der Waals surface area contributed by atoms with Gasteiger partial charge in [0.15, 0.2) is 0 Å². The summed E-state index contributed by atoms with van der Waals surface area (Å²) in [5, 5.41) is 9.83. The molecule has 0 amide bonds. The lowest BCUT2D eigenvalue weighted by Gasteiger charge is -2.17. The van der Waals surface area contributed by atoms with Crippen LogP contribution in [0, 0.1) is 24.5 Å². The van der Waals surface area contributed by atoms with Gasteiger partial charge in [0.2, 0.25) is 0 Å². The van der Waals surface area contributed by atoms with Crippen LogP contribution in [0.4, 0.5) is 8.78 Å². The molecule has 0 fully saturated rings. The summed E-state index contributed by atoms with van der Waals surface area (Å²) >= 11 is 0. The van der Waals surface area contributed by atoms with E-state index in [1.165, 1.54) is 12.1 Å². The molecule has 1 N–H and O–H groups in total. The van der Waals surface area contributed by atoms with Gasteiger partial charge in [-0.3, -0.25) is 0 Å². The number of aryl methyl sites for hydroxylation is 1. The van der Waals surface area contributed by atoms with E-state index in [0.29, 0.717) is 12.0 Å². The lowest BCUT2D eigenvalue weighted by Crippen LogP contribution is -2.09. The van der Waals surface area contributed by atoms with Crippen molar-refractivity contribution in [3.63, 3.8) is 0 Å². The minimum absolute atomic E-state index is 0.194. The smallest absolute Gasteiger partial charge is 0.134 e. The third-order valence-electron chi connectivity index (χ3n) is 2.98. The van der Waals surface area contributed by atoms with Gasteiger partial charge in [-0.25, -0.2) is 8.78 Å². The largest absolute Gasteiger partial charge is 0.388 e. The van der Waals surface area contributed by atoms with Crippen molar-refractivity contribution in [3.8, 4) is 0 Å². The van der Waals surface area contributed by atoms with E-state index in [2.05, 4.69) is 0 Å². The molecule has 0 aromatic heterocycles. The second-order valence-electron chi connectivity index (χ2n) is 4.36. The van der Waals surface area contributed by atoms with Crippen LogP contribution in [-0.2, 0) is 0 Å². The molecule has 0 radical (unpaired) electrons. The van der Waals surface area contributed by atoms with Gasteiger partial charge in [0.05, 0.1) is 11.7 Å². The van der Waals surface area contributed by atoms with Crippen molar-refractivity contribution in [1.29, 1.82) is 0 Å². The number of benzene rings is 1. The van der Waals surface area contributed by atoms with Gasteiger partial charge in [0.1, 0.15) is 11.6 Å². The first kappa shape index (κ1) is 13.1. The molecule has 1 aromatic carbocycles. The van der Waals surface area contributed by atoms with Crippen LogP contribution in [0.15, 0.2) is 12.1 Å². The van der Waals surface area contributed by atoms with Gasteiger partial charge in [0.25, 0.3) is 0 Å². The molecule has 2 atom stereocenters. The summed E-state index contributed by atoms with van der Waals surface area (Å²) in [7, 11) is 0. The van der Waals surface area contributed by atoms with Gasteiger partial charge in [-0.05, 0) is 30.9 Å². The predicted molar refractivity (Wildman–Crippen MR) is 60.1 cm³/mol. The number of hydrogen-bond acceptors (Lipinski definition) is 1. The Balaban J connectivity index is 2.98. The monoisotopic (exact) mass is 228 g/mol. The Labute approximate surface area is 95.1 Å². The highest BCUT2D eigenvalue weighted by Crippen LogP contribution is 2.28. The van der Waals surface area contributed by atoms with Crippen molar-refractivity contribution in [3.05, 3.63) is 34.9 Å². The Morgan fingerprint density at radius 2 is 1.94 bits per heavy atom. The summed E-state index contributed by atoms with van der Waals surface area (Å²) < 4.78 is 27.1.